The standard InChI is InChI=1S/C30H33Cl4N5O.H2/c1-20-18-38(25-8-10-37(11-9-25)19-21-2-5-24(31)6-3-21)12-13-39(20)29-28(34)15-23(17-35-29)30(40)36-16-22-4-7-26(32)27(33)14-22;/h2-7,14-15,17,20,25H,8-13,16,18-19H2,1H3,(H,36,40);1H. The highest BCUT2D eigenvalue weighted by molar-refractivity contribution is 6.42. The van der Waals surface area contributed by atoms with E-state index in [1.54, 1.807) is 24.4 Å². The molecule has 2 fully saturated rings. The van der Waals surface area contributed by atoms with Gasteiger partial charge in [-0.15, -0.1) is 0 Å². The molecule has 6 nitrogen and oxygen atoms in total. The van der Waals surface area contributed by atoms with Crippen LogP contribution in [0.2, 0.25) is 20.1 Å². The summed E-state index contributed by atoms with van der Waals surface area (Å²) in [6.07, 6.45) is 3.94. The van der Waals surface area contributed by atoms with Crippen LogP contribution in [-0.2, 0) is 13.1 Å². The predicted molar refractivity (Wildman–Crippen MR) is 167 cm³/mol. The summed E-state index contributed by atoms with van der Waals surface area (Å²) in [5, 5.41) is 5.09. The minimum absolute atomic E-state index is 0. The van der Waals surface area contributed by atoms with Gasteiger partial charge < -0.3 is 10.2 Å². The van der Waals surface area contributed by atoms with Crippen molar-refractivity contribution < 1.29 is 6.22 Å². The van der Waals surface area contributed by atoms with Crippen LogP contribution in [0.25, 0.3) is 0 Å². The van der Waals surface area contributed by atoms with Gasteiger partial charge >= 0.3 is 0 Å². The summed E-state index contributed by atoms with van der Waals surface area (Å²) < 4.78 is 0. The summed E-state index contributed by atoms with van der Waals surface area (Å²) >= 11 is 24.7. The van der Waals surface area contributed by atoms with E-state index in [1.807, 2.05) is 18.2 Å². The van der Waals surface area contributed by atoms with Crippen LogP contribution >= 0.6 is 46.4 Å². The van der Waals surface area contributed by atoms with E-state index in [1.165, 1.54) is 18.4 Å². The van der Waals surface area contributed by atoms with Gasteiger partial charge in [0, 0.05) is 57.5 Å². The maximum absolute atomic E-state index is 12.7. The molecule has 3 aromatic rings. The molecule has 2 saturated heterocycles. The van der Waals surface area contributed by atoms with Crippen LogP contribution in [0.5, 0.6) is 0 Å². The van der Waals surface area contributed by atoms with Crippen LogP contribution < -0.4 is 10.2 Å². The zero-order valence-corrected chi connectivity index (χ0v) is 25.4. The Hall–Kier alpha value is -2.06. The number of benzene rings is 2. The lowest BCUT2D eigenvalue weighted by atomic mass is 10.00. The smallest absolute Gasteiger partial charge is 0.253 e. The number of halogens is 4. The molecule has 1 aromatic heterocycles. The van der Waals surface area contributed by atoms with Gasteiger partial charge in [-0.25, -0.2) is 4.98 Å². The first-order valence-corrected chi connectivity index (χ1v) is 15.1. The number of carbonyl (C=O) groups excluding carboxylic acids is 1. The molecule has 3 heterocycles. The molecule has 0 saturated carbocycles. The van der Waals surface area contributed by atoms with Crippen LogP contribution in [0.3, 0.4) is 0 Å². The Morgan fingerprint density at radius 2 is 1.65 bits per heavy atom. The van der Waals surface area contributed by atoms with E-state index < -0.39 is 0 Å². The molecule has 2 aromatic carbocycles. The molecule has 1 atom stereocenters. The number of rotatable bonds is 7. The van der Waals surface area contributed by atoms with E-state index in [0.717, 1.165) is 55.7 Å². The highest BCUT2D eigenvalue weighted by atomic mass is 35.5. The van der Waals surface area contributed by atoms with E-state index in [2.05, 4.69) is 44.1 Å². The number of carbonyl (C=O) groups is 1. The van der Waals surface area contributed by atoms with Gasteiger partial charge in [0.15, 0.2) is 0 Å². The van der Waals surface area contributed by atoms with Gasteiger partial charge in [0.25, 0.3) is 5.91 Å². The van der Waals surface area contributed by atoms with Crippen molar-refractivity contribution in [1.82, 2.24) is 20.1 Å². The van der Waals surface area contributed by atoms with Crippen molar-refractivity contribution in [3.63, 3.8) is 0 Å². The monoisotopic (exact) mass is 621 g/mol. The lowest BCUT2D eigenvalue weighted by molar-refractivity contribution is 0.0904. The Labute approximate surface area is 257 Å². The van der Waals surface area contributed by atoms with Crippen LogP contribution in [0.15, 0.2) is 54.7 Å². The molecule has 0 radical (unpaired) electrons. The number of nitrogens with one attached hydrogen (secondary N) is 1. The van der Waals surface area contributed by atoms with Gasteiger partial charge in [0.05, 0.1) is 20.6 Å². The number of pyridine rings is 1. The van der Waals surface area contributed by atoms with Gasteiger partial charge in [-0.05, 0) is 74.3 Å². The minimum atomic E-state index is -0.243. The lowest BCUT2D eigenvalue weighted by Crippen LogP contribution is -2.57. The van der Waals surface area contributed by atoms with Gasteiger partial charge in [-0.2, -0.15) is 0 Å². The van der Waals surface area contributed by atoms with Crippen molar-refractivity contribution in [2.45, 2.75) is 44.9 Å². The maximum atomic E-state index is 12.7. The summed E-state index contributed by atoms with van der Waals surface area (Å²) in [6, 6.07) is 16.0. The van der Waals surface area contributed by atoms with Crippen LogP contribution in [0.4, 0.5) is 5.82 Å². The molecular weight excluding hydrogens is 588 g/mol. The molecule has 40 heavy (non-hydrogen) atoms. The van der Waals surface area contributed by atoms with Gasteiger partial charge in [-0.1, -0.05) is 64.6 Å². The zero-order chi connectivity index (χ0) is 28.2. The van der Waals surface area contributed by atoms with Gasteiger partial charge in [0.1, 0.15) is 5.82 Å². The number of piperidine rings is 1. The second kappa shape index (κ2) is 13.3. The number of anilines is 1. The molecule has 214 valence electrons. The largest absolute Gasteiger partial charge is 0.350 e. The number of hydrogen-bond acceptors (Lipinski definition) is 5. The molecular formula is C30H35Cl4N5O. The van der Waals surface area contributed by atoms with Crippen LogP contribution in [0, 0.1) is 0 Å². The SMILES string of the molecule is CC1CN(C2CCN(Cc3ccc(Cl)cc3)CC2)CCN1c1ncc(C(=O)NCc2ccc(Cl)c(Cl)c2)cc1Cl.[HH]. The van der Waals surface area contributed by atoms with E-state index >= 15 is 0 Å². The molecule has 1 unspecified atom stereocenters. The van der Waals surface area contributed by atoms with Crippen LogP contribution in [-0.4, -0.2) is 65.5 Å². The number of nitrogens with zero attached hydrogens (tertiary/aromatic N) is 4. The average molecular weight is 623 g/mol. The second-order valence-corrected chi connectivity index (χ2v) is 12.3. The predicted octanol–water partition coefficient (Wildman–Crippen LogP) is 7.05. The third-order valence-electron chi connectivity index (χ3n) is 7.84. The van der Waals surface area contributed by atoms with Crippen LogP contribution in [0.1, 0.15) is 42.7 Å². The fourth-order valence-electron chi connectivity index (χ4n) is 5.62. The third-order valence-corrected chi connectivity index (χ3v) is 9.11. The first-order chi connectivity index (χ1) is 19.3. The Bertz CT molecular complexity index is 1340. The average Bonchev–Trinajstić information content (AvgIpc) is 2.95. The molecule has 10 heteroatoms. The van der Waals surface area contributed by atoms with Crippen molar-refractivity contribution >= 4 is 58.1 Å². The fraction of sp³-hybridized carbons (Fsp3) is 0.400. The molecule has 0 aliphatic carbocycles. The molecule has 1 amide bonds. The number of piperazine rings is 1. The molecule has 0 spiro atoms. The topological polar surface area (TPSA) is 51.7 Å². The molecule has 1 N–H and O–H groups in total. The normalized spacial score (nSPS) is 19.1. The summed E-state index contributed by atoms with van der Waals surface area (Å²) in [6.45, 7) is 8.50. The fourth-order valence-corrected chi connectivity index (χ4v) is 6.34. The molecule has 0 bridgehead atoms. The van der Waals surface area contributed by atoms with Gasteiger partial charge in [0.2, 0.25) is 0 Å². The highest BCUT2D eigenvalue weighted by Gasteiger charge is 2.32. The van der Waals surface area contributed by atoms with E-state index in [-0.39, 0.29) is 13.4 Å². The Kier molecular flexibility index (Phi) is 9.77. The quantitative estimate of drug-likeness (QED) is 0.306. The zero-order valence-electron chi connectivity index (χ0n) is 22.4. The number of hydrogen-bond donors (Lipinski definition) is 1. The highest BCUT2D eigenvalue weighted by Crippen LogP contribution is 2.29. The number of aromatic nitrogens is 1. The van der Waals surface area contributed by atoms with Crippen molar-refractivity contribution in [2.24, 2.45) is 0 Å². The molecule has 2 aliphatic heterocycles. The Morgan fingerprint density at radius 1 is 0.925 bits per heavy atom. The van der Waals surface area contributed by atoms with Crippen molar-refractivity contribution in [2.75, 3.05) is 37.6 Å². The first-order valence-electron chi connectivity index (χ1n) is 13.6. The Balaban J connectivity index is 0.00000387. The van der Waals surface area contributed by atoms with Crippen molar-refractivity contribution in [3.05, 3.63) is 91.5 Å². The number of amides is 1. The summed E-state index contributed by atoms with van der Waals surface area (Å²) in [5.41, 5.74) is 2.59. The lowest BCUT2D eigenvalue weighted by Gasteiger charge is -2.46. The molecule has 5 rings (SSSR count). The maximum Gasteiger partial charge on any atom is 0.253 e. The third kappa shape index (κ3) is 7.22. The van der Waals surface area contributed by atoms with Gasteiger partial charge in [-0.3, -0.25) is 14.6 Å². The Morgan fingerprint density at radius 3 is 2.33 bits per heavy atom. The molecule has 2 aliphatic rings. The minimum Gasteiger partial charge on any atom is -0.350 e. The number of likely N-dealkylation sites (tertiary alicyclic amines) is 1. The second-order valence-electron chi connectivity index (χ2n) is 10.6. The van der Waals surface area contributed by atoms with Crippen molar-refractivity contribution in [3.8, 4) is 0 Å². The summed E-state index contributed by atoms with van der Waals surface area (Å²) in [5.74, 6) is 0.486. The summed E-state index contributed by atoms with van der Waals surface area (Å²) in [4.78, 5) is 24.8. The van der Waals surface area contributed by atoms with E-state index in [4.69, 9.17) is 46.4 Å². The summed E-state index contributed by atoms with van der Waals surface area (Å²) in [7, 11) is 0. The van der Waals surface area contributed by atoms with Crippen molar-refractivity contribution in [1.29, 1.82) is 0 Å². The first kappa shape index (κ1) is 29.4. The van der Waals surface area contributed by atoms with E-state index in [0.29, 0.717) is 33.2 Å². The van der Waals surface area contributed by atoms with E-state index in [9.17, 15) is 4.79 Å².